The third-order valence-corrected chi connectivity index (χ3v) is 3.37. The molecular formula is C21H27ClFNO2. The molecule has 2 rings (SSSR count). The molecule has 0 heterocycles. The predicted octanol–water partition coefficient (Wildman–Crippen LogP) is 6.80. The highest BCUT2D eigenvalue weighted by Gasteiger charge is 2.10. The Morgan fingerprint density at radius 3 is 2.35 bits per heavy atom. The number of aryl methyl sites for hydroxylation is 1. The summed E-state index contributed by atoms with van der Waals surface area (Å²) in [7, 11) is 1.48. The summed E-state index contributed by atoms with van der Waals surface area (Å²) in [5.74, 6) is -0.103. The van der Waals surface area contributed by atoms with Crippen molar-refractivity contribution >= 4 is 23.0 Å². The van der Waals surface area contributed by atoms with Gasteiger partial charge < -0.3 is 15.2 Å². The van der Waals surface area contributed by atoms with Gasteiger partial charge >= 0.3 is 0 Å². The number of hydrogen-bond donors (Lipinski definition) is 2. The molecule has 0 fully saturated rings. The minimum Gasteiger partial charge on any atom is -0.504 e. The summed E-state index contributed by atoms with van der Waals surface area (Å²) in [4.78, 5) is 0. The lowest BCUT2D eigenvalue weighted by Crippen LogP contribution is -2.00. The highest BCUT2D eigenvalue weighted by atomic mass is 35.5. The summed E-state index contributed by atoms with van der Waals surface area (Å²) < 4.78 is 18.5. The summed E-state index contributed by atoms with van der Waals surface area (Å²) in [6.07, 6.45) is 1.75. The van der Waals surface area contributed by atoms with Crippen LogP contribution in [-0.2, 0) is 0 Å². The maximum Gasteiger partial charge on any atom is 0.160 e. The predicted molar refractivity (Wildman–Crippen MR) is 111 cm³/mol. The molecule has 0 saturated carbocycles. The van der Waals surface area contributed by atoms with Gasteiger partial charge in [0, 0.05) is 16.9 Å². The first kappa shape index (κ1) is 23.5. The second-order valence-corrected chi connectivity index (χ2v) is 5.39. The third-order valence-electron chi connectivity index (χ3n) is 3.07. The van der Waals surface area contributed by atoms with Gasteiger partial charge in [0.2, 0.25) is 0 Å². The largest absolute Gasteiger partial charge is 0.504 e. The fraction of sp³-hybridized carbons (Fsp3) is 0.238. The fourth-order valence-electron chi connectivity index (χ4n) is 1.97. The van der Waals surface area contributed by atoms with Gasteiger partial charge in [-0.3, -0.25) is 0 Å². The van der Waals surface area contributed by atoms with Crippen molar-refractivity contribution in [1.29, 1.82) is 0 Å². The van der Waals surface area contributed by atoms with Gasteiger partial charge in [-0.05, 0) is 49.7 Å². The lowest BCUT2D eigenvalue weighted by atomic mass is 10.0. The molecule has 0 saturated heterocycles. The zero-order valence-electron chi connectivity index (χ0n) is 16.0. The Hall–Kier alpha value is -2.46. The topological polar surface area (TPSA) is 41.5 Å². The van der Waals surface area contributed by atoms with E-state index in [4.69, 9.17) is 16.3 Å². The summed E-state index contributed by atoms with van der Waals surface area (Å²) in [5, 5.41) is 12.9. The van der Waals surface area contributed by atoms with Gasteiger partial charge in [-0.1, -0.05) is 38.1 Å². The Morgan fingerprint density at radius 1 is 1.27 bits per heavy atom. The average Bonchev–Trinajstić information content (AvgIpc) is 2.62. The number of methoxy groups -OCH3 is 1. The molecule has 0 radical (unpaired) electrons. The normalized spacial score (nSPS) is 9.04. The standard InChI is InChI=1S/C16H15ClFNO2.C3H6.C2H6/c1-9-6-16(21-3)15(20)8-12(9)10(2)19-11-4-5-13(17)14(18)7-11;1-3-2;1-2/h4-8,19-20H,2H2,1,3H3;3H,1H2,2H3;1-2H3. The van der Waals surface area contributed by atoms with Crippen LogP contribution in [-0.4, -0.2) is 12.2 Å². The Bertz CT molecular complexity index is 745. The van der Waals surface area contributed by atoms with E-state index >= 15 is 0 Å². The molecule has 0 unspecified atom stereocenters. The number of phenolic OH excluding ortho intramolecular Hbond substituents is 1. The minimum absolute atomic E-state index is 0.0170. The zero-order chi connectivity index (χ0) is 20.3. The van der Waals surface area contributed by atoms with Crippen molar-refractivity contribution in [2.24, 2.45) is 0 Å². The monoisotopic (exact) mass is 379 g/mol. The molecule has 0 aromatic heterocycles. The summed E-state index contributed by atoms with van der Waals surface area (Å²) >= 11 is 5.64. The van der Waals surface area contributed by atoms with E-state index in [0.717, 1.165) is 5.56 Å². The van der Waals surface area contributed by atoms with Crippen LogP contribution in [0.4, 0.5) is 10.1 Å². The van der Waals surface area contributed by atoms with Crippen molar-refractivity contribution in [3.63, 3.8) is 0 Å². The smallest absolute Gasteiger partial charge is 0.160 e. The molecule has 0 amide bonds. The van der Waals surface area contributed by atoms with Gasteiger partial charge in [0.25, 0.3) is 0 Å². The molecule has 0 bridgehead atoms. The van der Waals surface area contributed by atoms with E-state index in [0.29, 0.717) is 22.7 Å². The van der Waals surface area contributed by atoms with Gasteiger partial charge in [0.05, 0.1) is 12.1 Å². The maximum absolute atomic E-state index is 13.4. The number of ether oxygens (including phenoxy) is 1. The number of aromatic hydroxyl groups is 1. The summed E-state index contributed by atoms with van der Waals surface area (Å²) in [6, 6.07) is 7.65. The van der Waals surface area contributed by atoms with Gasteiger partial charge in [-0.25, -0.2) is 4.39 Å². The van der Waals surface area contributed by atoms with E-state index < -0.39 is 5.82 Å². The van der Waals surface area contributed by atoms with E-state index in [-0.39, 0.29) is 10.8 Å². The van der Waals surface area contributed by atoms with Crippen LogP contribution in [0.5, 0.6) is 11.5 Å². The first-order valence-electron chi connectivity index (χ1n) is 8.20. The average molecular weight is 380 g/mol. The lowest BCUT2D eigenvalue weighted by molar-refractivity contribution is 0.373. The fourth-order valence-corrected chi connectivity index (χ4v) is 2.09. The number of phenols is 1. The van der Waals surface area contributed by atoms with Crippen molar-refractivity contribution in [1.82, 2.24) is 0 Å². The first-order chi connectivity index (χ1) is 12.3. The number of benzene rings is 2. The molecule has 0 spiro atoms. The van der Waals surface area contributed by atoms with Crippen molar-refractivity contribution in [3.05, 3.63) is 71.5 Å². The van der Waals surface area contributed by atoms with Crippen LogP contribution < -0.4 is 10.1 Å². The van der Waals surface area contributed by atoms with Gasteiger partial charge in [0.15, 0.2) is 11.5 Å². The van der Waals surface area contributed by atoms with E-state index in [9.17, 15) is 9.50 Å². The molecule has 2 aromatic rings. The molecule has 26 heavy (non-hydrogen) atoms. The second kappa shape index (κ2) is 12.0. The van der Waals surface area contributed by atoms with Crippen LogP contribution in [0.25, 0.3) is 5.70 Å². The van der Waals surface area contributed by atoms with Crippen LogP contribution in [0.2, 0.25) is 5.02 Å². The van der Waals surface area contributed by atoms with Gasteiger partial charge in [-0.15, -0.1) is 6.58 Å². The molecule has 0 atom stereocenters. The van der Waals surface area contributed by atoms with Crippen molar-refractivity contribution in [3.8, 4) is 11.5 Å². The Balaban J connectivity index is 0.00000113. The molecule has 3 nitrogen and oxygen atoms in total. The lowest BCUT2D eigenvalue weighted by Gasteiger charge is -2.14. The van der Waals surface area contributed by atoms with Gasteiger partial charge in [-0.2, -0.15) is 0 Å². The highest BCUT2D eigenvalue weighted by Crippen LogP contribution is 2.32. The van der Waals surface area contributed by atoms with Crippen LogP contribution in [0.1, 0.15) is 31.9 Å². The Labute approximate surface area is 160 Å². The first-order valence-corrected chi connectivity index (χ1v) is 8.57. The van der Waals surface area contributed by atoms with Gasteiger partial charge in [0.1, 0.15) is 5.82 Å². The minimum atomic E-state index is -0.510. The number of nitrogens with one attached hydrogen (secondary N) is 1. The number of anilines is 1. The molecule has 0 aliphatic rings. The summed E-state index contributed by atoms with van der Waals surface area (Å²) in [6.45, 7) is 15.0. The molecule has 0 aliphatic carbocycles. The number of rotatable bonds is 4. The highest BCUT2D eigenvalue weighted by molar-refractivity contribution is 6.30. The maximum atomic E-state index is 13.4. The second-order valence-electron chi connectivity index (χ2n) is 4.98. The molecule has 142 valence electrons. The number of halogens is 2. The Morgan fingerprint density at radius 2 is 1.85 bits per heavy atom. The molecule has 0 aliphatic heterocycles. The van der Waals surface area contributed by atoms with Crippen molar-refractivity contribution in [2.75, 3.05) is 12.4 Å². The molecule has 2 aromatic carbocycles. The Kier molecular flexibility index (Phi) is 10.9. The van der Waals surface area contributed by atoms with Crippen LogP contribution in [0, 0.1) is 12.7 Å². The van der Waals surface area contributed by atoms with E-state index in [1.807, 2.05) is 27.7 Å². The quantitative estimate of drug-likeness (QED) is 0.573. The zero-order valence-corrected chi connectivity index (χ0v) is 16.7. The third kappa shape index (κ3) is 6.81. The van der Waals surface area contributed by atoms with Crippen molar-refractivity contribution < 1.29 is 14.2 Å². The summed E-state index contributed by atoms with van der Waals surface area (Å²) in [5.41, 5.74) is 2.64. The van der Waals surface area contributed by atoms with E-state index in [1.165, 1.54) is 19.2 Å². The molecule has 5 heteroatoms. The van der Waals surface area contributed by atoms with Crippen molar-refractivity contribution in [2.45, 2.75) is 27.7 Å². The van der Waals surface area contributed by atoms with E-state index in [2.05, 4.69) is 18.5 Å². The van der Waals surface area contributed by atoms with Crippen LogP contribution in [0.15, 0.2) is 49.6 Å². The van der Waals surface area contributed by atoms with Crippen LogP contribution >= 0.6 is 11.6 Å². The SMILES string of the molecule is C=C(Nc1ccc(Cl)c(F)c1)c1cc(O)c(OC)cc1C.C=CC.CC. The number of allylic oxidation sites excluding steroid dienone is 1. The van der Waals surface area contributed by atoms with Crippen LogP contribution in [0.3, 0.4) is 0 Å². The van der Waals surface area contributed by atoms with E-state index in [1.54, 1.807) is 24.3 Å². The molecule has 2 N–H and O–H groups in total. The number of hydrogen-bond acceptors (Lipinski definition) is 3. The molecular weight excluding hydrogens is 353 g/mol.